The van der Waals surface area contributed by atoms with Gasteiger partial charge < -0.3 is 13.9 Å². The number of imidazole rings is 1. The van der Waals surface area contributed by atoms with Gasteiger partial charge in [-0.15, -0.1) is 0 Å². The number of pyridine rings is 1. The predicted molar refractivity (Wildman–Crippen MR) is 72.5 cm³/mol. The highest BCUT2D eigenvalue weighted by molar-refractivity contribution is 5.41. The lowest BCUT2D eigenvalue weighted by atomic mass is 10.3. The van der Waals surface area contributed by atoms with Crippen molar-refractivity contribution in [2.45, 2.75) is 6.61 Å². The summed E-state index contributed by atoms with van der Waals surface area (Å²) in [4.78, 5) is 4.48. The van der Waals surface area contributed by atoms with Crippen molar-refractivity contribution in [3.63, 3.8) is 0 Å². The zero-order valence-electron chi connectivity index (χ0n) is 10.6. The van der Waals surface area contributed by atoms with Crippen molar-refractivity contribution in [2.75, 3.05) is 7.11 Å². The molecule has 1 aromatic carbocycles. The van der Waals surface area contributed by atoms with Gasteiger partial charge in [0.15, 0.2) is 11.5 Å². The second-order valence-electron chi connectivity index (χ2n) is 4.14. The molecule has 4 nitrogen and oxygen atoms in total. The van der Waals surface area contributed by atoms with E-state index in [1.54, 1.807) is 7.11 Å². The van der Waals surface area contributed by atoms with E-state index in [1.165, 1.54) is 0 Å². The first kappa shape index (κ1) is 11.6. The highest BCUT2D eigenvalue weighted by Gasteiger charge is 2.05. The van der Waals surface area contributed by atoms with Crippen LogP contribution in [0.15, 0.2) is 54.9 Å². The van der Waals surface area contributed by atoms with Crippen LogP contribution in [0.2, 0.25) is 0 Å². The van der Waals surface area contributed by atoms with E-state index < -0.39 is 0 Å². The molecule has 0 unspecified atom stereocenters. The van der Waals surface area contributed by atoms with Crippen molar-refractivity contribution < 1.29 is 9.47 Å². The maximum absolute atomic E-state index is 5.74. The molecule has 0 spiro atoms. The highest BCUT2D eigenvalue weighted by atomic mass is 16.5. The maximum Gasteiger partial charge on any atom is 0.161 e. The first-order chi connectivity index (χ1) is 9.36. The number of aromatic nitrogens is 2. The molecule has 19 heavy (non-hydrogen) atoms. The highest BCUT2D eigenvalue weighted by Crippen LogP contribution is 2.26. The van der Waals surface area contributed by atoms with Gasteiger partial charge in [0.25, 0.3) is 0 Å². The van der Waals surface area contributed by atoms with Crippen molar-refractivity contribution in [2.24, 2.45) is 0 Å². The Hall–Kier alpha value is -2.49. The van der Waals surface area contributed by atoms with E-state index in [2.05, 4.69) is 4.98 Å². The van der Waals surface area contributed by atoms with E-state index in [1.807, 2.05) is 59.3 Å². The van der Waals surface area contributed by atoms with Crippen LogP contribution < -0.4 is 9.47 Å². The lowest BCUT2D eigenvalue weighted by Gasteiger charge is -2.08. The van der Waals surface area contributed by atoms with Gasteiger partial charge in [-0.2, -0.15) is 0 Å². The second kappa shape index (κ2) is 5.02. The molecule has 0 bridgehead atoms. The van der Waals surface area contributed by atoms with E-state index in [9.17, 15) is 0 Å². The first-order valence-electron chi connectivity index (χ1n) is 6.05. The average Bonchev–Trinajstić information content (AvgIpc) is 2.88. The average molecular weight is 254 g/mol. The first-order valence-corrected chi connectivity index (χ1v) is 6.05. The number of benzene rings is 1. The lowest BCUT2D eigenvalue weighted by Crippen LogP contribution is -1.97. The number of fused-ring (bicyclic) bond motifs is 1. The smallest absolute Gasteiger partial charge is 0.161 e. The van der Waals surface area contributed by atoms with Gasteiger partial charge in [0.2, 0.25) is 0 Å². The molecule has 0 N–H and O–H groups in total. The van der Waals surface area contributed by atoms with Crippen LogP contribution in [0.3, 0.4) is 0 Å². The number of hydrogen-bond acceptors (Lipinski definition) is 3. The molecule has 0 radical (unpaired) electrons. The van der Waals surface area contributed by atoms with Gasteiger partial charge in [-0.25, -0.2) is 4.98 Å². The normalized spacial score (nSPS) is 10.6. The maximum atomic E-state index is 5.74. The molecule has 4 heteroatoms. The SMILES string of the molecule is COc1ccccc1OCc1cn2ccccc2n1. The summed E-state index contributed by atoms with van der Waals surface area (Å²) in [5, 5.41) is 0. The Bertz CT molecular complexity index is 658. The standard InChI is InChI=1S/C15H14N2O2/c1-18-13-6-2-3-7-14(13)19-11-12-10-17-9-5-4-8-15(17)16-12/h2-10H,11H2,1H3. The second-order valence-corrected chi connectivity index (χ2v) is 4.14. The molecule has 0 atom stereocenters. The fourth-order valence-electron chi connectivity index (χ4n) is 1.95. The molecule has 0 aliphatic rings. The van der Waals surface area contributed by atoms with Crippen LogP contribution in [0.5, 0.6) is 11.5 Å². The molecule has 96 valence electrons. The molecule has 0 saturated heterocycles. The van der Waals surface area contributed by atoms with Crippen LogP contribution in [0, 0.1) is 0 Å². The number of hydrogen-bond donors (Lipinski definition) is 0. The van der Waals surface area contributed by atoms with Crippen molar-refractivity contribution in [3.05, 3.63) is 60.6 Å². The predicted octanol–water partition coefficient (Wildman–Crippen LogP) is 2.92. The van der Waals surface area contributed by atoms with Gasteiger partial charge in [-0.05, 0) is 24.3 Å². The summed E-state index contributed by atoms with van der Waals surface area (Å²) in [6.07, 6.45) is 3.93. The molecule has 2 aromatic heterocycles. The summed E-state index contributed by atoms with van der Waals surface area (Å²) in [7, 11) is 1.63. The fourth-order valence-corrected chi connectivity index (χ4v) is 1.95. The summed E-state index contributed by atoms with van der Waals surface area (Å²) in [6, 6.07) is 13.5. The Labute approximate surface area is 111 Å². The number of methoxy groups -OCH3 is 1. The van der Waals surface area contributed by atoms with Crippen molar-refractivity contribution in [1.29, 1.82) is 0 Å². The van der Waals surface area contributed by atoms with Crippen LogP contribution in [0.4, 0.5) is 0 Å². The van der Waals surface area contributed by atoms with Gasteiger partial charge in [-0.1, -0.05) is 18.2 Å². The number of ether oxygens (including phenoxy) is 2. The summed E-state index contributed by atoms with van der Waals surface area (Å²) >= 11 is 0. The number of nitrogens with zero attached hydrogens (tertiary/aromatic N) is 2. The topological polar surface area (TPSA) is 35.8 Å². The van der Waals surface area contributed by atoms with Crippen LogP contribution in [-0.4, -0.2) is 16.5 Å². The summed E-state index contributed by atoms with van der Waals surface area (Å²) in [5.74, 6) is 1.45. The molecule has 0 fully saturated rings. The minimum atomic E-state index is 0.419. The van der Waals surface area contributed by atoms with E-state index in [-0.39, 0.29) is 0 Å². The zero-order chi connectivity index (χ0) is 13.1. The Kier molecular flexibility index (Phi) is 3.06. The summed E-state index contributed by atoms with van der Waals surface area (Å²) < 4.78 is 13.0. The van der Waals surface area contributed by atoms with Crippen LogP contribution in [0.25, 0.3) is 5.65 Å². The lowest BCUT2D eigenvalue weighted by molar-refractivity contribution is 0.281. The monoisotopic (exact) mass is 254 g/mol. The fraction of sp³-hybridized carbons (Fsp3) is 0.133. The van der Waals surface area contributed by atoms with Gasteiger partial charge >= 0.3 is 0 Å². The van der Waals surface area contributed by atoms with Crippen molar-refractivity contribution >= 4 is 5.65 Å². The largest absolute Gasteiger partial charge is 0.493 e. The summed E-state index contributed by atoms with van der Waals surface area (Å²) in [6.45, 7) is 0.419. The third-order valence-electron chi connectivity index (χ3n) is 2.86. The van der Waals surface area contributed by atoms with E-state index in [4.69, 9.17) is 9.47 Å². The van der Waals surface area contributed by atoms with Crippen molar-refractivity contribution in [1.82, 2.24) is 9.38 Å². The molecule has 3 aromatic rings. The molecule has 0 saturated carbocycles. The van der Waals surface area contributed by atoms with Gasteiger partial charge in [0.1, 0.15) is 12.3 Å². The van der Waals surface area contributed by atoms with Crippen LogP contribution in [-0.2, 0) is 6.61 Å². The van der Waals surface area contributed by atoms with Crippen LogP contribution >= 0.6 is 0 Å². The zero-order valence-corrected chi connectivity index (χ0v) is 10.6. The van der Waals surface area contributed by atoms with E-state index >= 15 is 0 Å². The molecule has 3 rings (SSSR count). The van der Waals surface area contributed by atoms with Gasteiger partial charge in [-0.3, -0.25) is 0 Å². The molecular formula is C15H14N2O2. The molecule has 0 aliphatic heterocycles. The van der Waals surface area contributed by atoms with Gasteiger partial charge in [0.05, 0.1) is 12.8 Å². The Morgan fingerprint density at radius 2 is 1.84 bits per heavy atom. The molecule has 0 aliphatic carbocycles. The van der Waals surface area contributed by atoms with Crippen LogP contribution in [0.1, 0.15) is 5.69 Å². The third-order valence-corrected chi connectivity index (χ3v) is 2.86. The minimum absolute atomic E-state index is 0.419. The number of para-hydroxylation sites is 2. The quantitative estimate of drug-likeness (QED) is 0.718. The van der Waals surface area contributed by atoms with Crippen molar-refractivity contribution in [3.8, 4) is 11.5 Å². The summed E-state index contributed by atoms with van der Waals surface area (Å²) in [5.41, 5.74) is 1.80. The molecule has 0 amide bonds. The van der Waals surface area contributed by atoms with Gasteiger partial charge in [0, 0.05) is 12.4 Å². The Balaban J connectivity index is 1.78. The number of rotatable bonds is 4. The van der Waals surface area contributed by atoms with E-state index in [0.29, 0.717) is 6.61 Å². The molecule has 2 heterocycles. The Morgan fingerprint density at radius 3 is 2.63 bits per heavy atom. The van der Waals surface area contributed by atoms with E-state index in [0.717, 1.165) is 22.8 Å². The Morgan fingerprint density at radius 1 is 1.05 bits per heavy atom. The minimum Gasteiger partial charge on any atom is -0.493 e. The third kappa shape index (κ3) is 2.38. The molecular weight excluding hydrogens is 240 g/mol.